The van der Waals surface area contributed by atoms with Gasteiger partial charge >= 0.3 is 9.05 Å². The molecular formula is H10O7Si4. The molecule has 0 spiro atoms. The summed E-state index contributed by atoms with van der Waals surface area (Å²) >= 11 is 0. The standard InChI is InChI=1S/H10O7Si4/c1-11(5-2-8,6-3-9)7-4-10/h1H,8-10H3. The summed E-state index contributed by atoms with van der Waals surface area (Å²) in [5.41, 5.74) is 0. The fourth-order valence-corrected chi connectivity index (χ4v) is 2.97. The third-order valence-corrected chi connectivity index (χ3v) is 3.20. The topological polar surface area (TPSA) is 75.6 Å². The lowest BCUT2D eigenvalue weighted by Crippen LogP contribution is -2.45. The van der Waals surface area contributed by atoms with Gasteiger partial charge in [0.2, 0.25) is 0 Å². The summed E-state index contributed by atoms with van der Waals surface area (Å²) in [5, 5.41) is 0. The first kappa shape index (κ1) is 11.6. The summed E-state index contributed by atoms with van der Waals surface area (Å²) in [6.45, 7) is 0. The van der Waals surface area contributed by atoms with Crippen LogP contribution < -0.4 is 0 Å². The van der Waals surface area contributed by atoms with E-state index in [1.165, 1.54) is 0 Å². The maximum absolute atomic E-state index is 9.18. The van der Waals surface area contributed by atoms with Crippen LogP contribution in [0.2, 0.25) is 0 Å². The Hall–Kier alpha value is 0.588. The molecule has 0 bridgehead atoms. The molecule has 11 heavy (non-hydrogen) atoms. The van der Waals surface area contributed by atoms with Crippen LogP contribution in [-0.2, 0) is 27.5 Å². The van der Waals surface area contributed by atoms with Crippen LogP contribution in [0.15, 0.2) is 0 Å². The summed E-state index contributed by atoms with van der Waals surface area (Å²) in [7, 11) is -2.95. The molecule has 0 aromatic rings. The normalized spacial score (nSPS) is 17.2. The van der Waals surface area contributed by atoms with Crippen molar-refractivity contribution in [3.63, 3.8) is 0 Å². The van der Waals surface area contributed by atoms with Crippen LogP contribution in [0.1, 0.15) is 0 Å². The molecule has 0 radical (unpaired) electrons. The summed E-state index contributed by atoms with van der Waals surface area (Å²) in [6, 6.07) is 0. The van der Waals surface area contributed by atoms with Crippen LogP contribution in [0, 0.1) is 0 Å². The van der Waals surface area contributed by atoms with Crippen LogP contribution in [0.4, 0.5) is 0 Å². The van der Waals surface area contributed by atoms with Gasteiger partial charge in [0, 0.05) is 0 Å². The first-order chi connectivity index (χ1) is 5.18. The molecule has 0 aliphatic rings. The second kappa shape index (κ2) is 6.14. The minimum Gasteiger partial charge on any atom is -0.363 e. The Balaban J connectivity index is 3.79. The second-order valence-corrected chi connectivity index (χ2v) is 3.82. The Bertz CT molecular complexity index is 77.4. The molecule has 0 saturated carbocycles. The fourth-order valence-electron chi connectivity index (χ4n) is 0.358. The molecule has 0 atom stereocenters. The molecule has 0 aromatic carbocycles. The molecule has 0 aliphatic heterocycles. The zero-order valence-electron chi connectivity index (χ0n) is 6.40. The van der Waals surface area contributed by atoms with Crippen molar-refractivity contribution >= 4 is 40.5 Å². The van der Waals surface area contributed by atoms with Crippen molar-refractivity contribution in [3.8, 4) is 0 Å². The average molecular weight is 234 g/mol. The van der Waals surface area contributed by atoms with E-state index in [1.807, 2.05) is 0 Å². The predicted octanol–water partition coefficient (Wildman–Crippen LogP) is -4.90. The molecule has 7 nitrogen and oxygen atoms in total. The van der Waals surface area contributed by atoms with Gasteiger partial charge < -0.3 is 18.5 Å². The molecule has 68 valence electrons. The predicted molar refractivity (Wildman–Crippen MR) is 44.3 cm³/mol. The van der Waals surface area contributed by atoms with Crippen molar-refractivity contribution in [1.29, 1.82) is 0 Å². The van der Waals surface area contributed by atoms with Gasteiger partial charge in [-0.1, -0.05) is 0 Å². The largest absolute Gasteiger partial charge is 0.758 e. The Morgan fingerprint density at radius 1 is 0.818 bits per heavy atom. The minimum atomic E-state index is -3.81. The second-order valence-electron chi connectivity index (χ2n) is 1.27. The average Bonchev–Trinajstić information content (AvgIpc) is 1.88. The van der Waals surface area contributed by atoms with E-state index in [9.17, 15) is 4.80 Å². The zero-order chi connectivity index (χ0) is 8.74. The minimum absolute atomic E-state index is 0.288. The Morgan fingerprint density at radius 3 is 1.27 bits per heavy atom. The van der Waals surface area contributed by atoms with E-state index < -0.39 is 9.05 Å². The maximum atomic E-state index is 9.18. The molecule has 0 aromatic heterocycles. The first-order valence-corrected chi connectivity index (χ1v) is 6.68. The molecule has 1 N–H and O–H groups in total. The van der Waals surface area contributed by atoms with Crippen LogP contribution in [0.25, 0.3) is 0 Å². The highest BCUT2D eigenvalue weighted by Crippen LogP contribution is 2.04. The molecule has 0 aliphatic carbocycles. The lowest BCUT2D eigenvalue weighted by Gasteiger charge is -2.17. The van der Waals surface area contributed by atoms with Crippen molar-refractivity contribution in [1.82, 2.24) is 0 Å². The Labute approximate surface area is 73.4 Å². The number of hydrogen-bond donors (Lipinski definition) is 1. The lowest BCUT2D eigenvalue weighted by molar-refractivity contribution is -0.307. The van der Waals surface area contributed by atoms with Gasteiger partial charge in [-0.15, -0.1) is 0 Å². The monoisotopic (exact) mass is 234 g/mol. The van der Waals surface area contributed by atoms with Crippen LogP contribution in [0.3, 0.4) is 0 Å². The zero-order valence-corrected chi connectivity index (χ0v) is 13.4. The Kier molecular flexibility index (Phi) is 6.47. The number of hydrogen-bond acceptors (Lipinski definition) is 7. The van der Waals surface area contributed by atoms with Crippen LogP contribution in [-0.4, -0.2) is 45.3 Å². The Morgan fingerprint density at radius 2 is 1.09 bits per heavy atom. The molecule has 0 unspecified atom stereocenters. The molecule has 11 heteroatoms. The van der Waals surface area contributed by atoms with Crippen molar-refractivity contribution in [2.75, 3.05) is 0 Å². The summed E-state index contributed by atoms with van der Waals surface area (Å²) < 4.78 is 25.8. The molecular weight excluding hydrogens is 224 g/mol. The van der Waals surface area contributed by atoms with Crippen molar-refractivity contribution in [2.45, 2.75) is 0 Å². The van der Waals surface area contributed by atoms with E-state index in [0.717, 1.165) is 0 Å². The van der Waals surface area contributed by atoms with E-state index in [2.05, 4.69) is 27.5 Å². The molecule has 0 fully saturated rings. The molecule has 0 saturated heterocycles. The van der Waals surface area contributed by atoms with Gasteiger partial charge in [-0.2, -0.15) is 0 Å². The summed E-state index contributed by atoms with van der Waals surface area (Å²) in [5.74, 6) is 0. The van der Waals surface area contributed by atoms with Gasteiger partial charge in [-0.05, 0) is 0 Å². The molecule has 0 heterocycles. The van der Waals surface area contributed by atoms with Crippen LogP contribution in [0.5, 0.6) is 0 Å². The third-order valence-electron chi connectivity index (χ3n) is 0.566. The number of rotatable bonds is 6. The first-order valence-electron chi connectivity index (χ1n) is 2.56. The third kappa shape index (κ3) is 4.93. The van der Waals surface area contributed by atoms with E-state index in [4.69, 9.17) is 0 Å². The van der Waals surface area contributed by atoms with Crippen LogP contribution >= 0.6 is 0 Å². The lowest BCUT2D eigenvalue weighted by atomic mass is 14.8. The quantitative estimate of drug-likeness (QED) is 0.280. The fraction of sp³-hybridized carbons (Fsp3) is 0. The summed E-state index contributed by atoms with van der Waals surface area (Å²) in [4.78, 5) is 9.18. The van der Waals surface area contributed by atoms with Crippen molar-refractivity contribution in [3.05, 3.63) is 0 Å². The smallest absolute Gasteiger partial charge is 0.363 e. The van der Waals surface area contributed by atoms with E-state index in [-0.39, 0.29) is 31.5 Å². The van der Waals surface area contributed by atoms with Gasteiger partial charge in [0.25, 0.3) is 0 Å². The highest BCUT2D eigenvalue weighted by molar-refractivity contribution is 6.51. The van der Waals surface area contributed by atoms with Gasteiger partial charge in [0.15, 0.2) is 31.5 Å². The van der Waals surface area contributed by atoms with E-state index in [1.54, 1.807) is 0 Å². The maximum Gasteiger partial charge on any atom is 0.758 e. The van der Waals surface area contributed by atoms with Gasteiger partial charge in [-0.25, -0.2) is 13.7 Å². The van der Waals surface area contributed by atoms with E-state index in [0.29, 0.717) is 0 Å². The molecule has 0 rings (SSSR count). The summed E-state index contributed by atoms with van der Waals surface area (Å²) in [6.07, 6.45) is 0. The van der Waals surface area contributed by atoms with Gasteiger partial charge in [0.05, 0.1) is 0 Å². The van der Waals surface area contributed by atoms with E-state index >= 15 is 0 Å². The van der Waals surface area contributed by atoms with Crippen molar-refractivity contribution in [2.24, 2.45) is 0 Å². The highest BCUT2D eigenvalue weighted by atomic mass is 28.4. The highest BCUT2D eigenvalue weighted by Gasteiger charge is 2.46. The van der Waals surface area contributed by atoms with Crippen molar-refractivity contribution < 1.29 is 32.3 Å². The van der Waals surface area contributed by atoms with Gasteiger partial charge in [0.1, 0.15) is 0 Å². The van der Waals surface area contributed by atoms with Gasteiger partial charge in [-0.3, -0.25) is 0 Å². The SMILES string of the molecule is O[Si](OO[SiH3])(OO[SiH3])OO[SiH3]. The molecule has 0 amide bonds.